The predicted octanol–water partition coefficient (Wildman–Crippen LogP) is 3.31. The minimum absolute atomic E-state index is 0.0559. The molecule has 3 nitrogen and oxygen atoms in total. The van der Waals surface area contributed by atoms with Crippen molar-refractivity contribution >= 4 is 11.3 Å². The Kier molecular flexibility index (Phi) is 5.02. The van der Waals surface area contributed by atoms with Crippen molar-refractivity contribution < 1.29 is 18.3 Å². The first kappa shape index (κ1) is 15.4. The Morgan fingerprint density at radius 3 is 3.00 bits per heavy atom. The molecule has 2 aromatic rings. The number of hydrogen-bond acceptors (Lipinski definition) is 4. The molecule has 0 bridgehead atoms. The summed E-state index contributed by atoms with van der Waals surface area (Å²) >= 11 is 1.73. The lowest BCUT2D eigenvalue weighted by Gasteiger charge is -2.32. The summed E-state index contributed by atoms with van der Waals surface area (Å²) in [4.78, 5) is 3.61. The minimum Gasteiger partial charge on any atom is -0.488 e. The van der Waals surface area contributed by atoms with Gasteiger partial charge < -0.3 is 9.47 Å². The first-order valence-corrected chi connectivity index (χ1v) is 8.03. The molecule has 0 spiro atoms. The quantitative estimate of drug-likeness (QED) is 0.842. The van der Waals surface area contributed by atoms with Gasteiger partial charge in [0.05, 0.1) is 6.61 Å². The molecule has 3 rings (SSSR count). The van der Waals surface area contributed by atoms with Gasteiger partial charge in [-0.15, -0.1) is 11.3 Å². The minimum atomic E-state index is -0.689. The Balaban J connectivity index is 1.52. The Hall–Kier alpha value is -1.50. The van der Waals surface area contributed by atoms with Gasteiger partial charge in [-0.3, -0.25) is 4.90 Å². The highest BCUT2D eigenvalue weighted by molar-refractivity contribution is 7.09. The fourth-order valence-corrected chi connectivity index (χ4v) is 3.17. The Morgan fingerprint density at radius 2 is 2.23 bits per heavy atom. The summed E-state index contributed by atoms with van der Waals surface area (Å²) in [6.07, 6.45) is -0.113. The second-order valence-electron chi connectivity index (χ2n) is 5.19. The van der Waals surface area contributed by atoms with E-state index in [1.54, 1.807) is 11.3 Å². The number of halogens is 2. The van der Waals surface area contributed by atoms with E-state index in [9.17, 15) is 8.78 Å². The largest absolute Gasteiger partial charge is 0.488 e. The van der Waals surface area contributed by atoms with Crippen molar-refractivity contribution in [2.45, 2.75) is 12.6 Å². The highest BCUT2D eigenvalue weighted by Gasteiger charge is 2.21. The lowest BCUT2D eigenvalue weighted by atomic mass is 10.2. The van der Waals surface area contributed by atoms with Crippen LogP contribution in [0.4, 0.5) is 8.78 Å². The number of benzene rings is 1. The zero-order valence-corrected chi connectivity index (χ0v) is 12.8. The average Bonchev–Trinajstić information content (AvgIpc) is 3.00. The number of nitrogens with zero attached hydrogens (tertiary/aromatic N) is 1. The highest BCUT2D eigenvalue weighted by Crippen LogP contribution is 2.19. The fraction of sp³-hybridized carbons (Fsp3) is 0.375. The molecule has 0 radical (unpaired) electrons. The summed E-state index contributed by atoms with van der Waals surface area (Å²) in [6.45, 7) is 3.39. The molecule has 2 heterocycles. The van der Waals surface area contributed by atoms with Gasteiger partial charge in [-0.1, -0.05) is 6.07 Å². The molecule has 0 amide bonds. The van der Waals surface area contributed by atoms with Crippen molar-refractivity contribution in [1.82, 2.24) is 4.90 Å². The summed E-state index contributed by atoms with van der Waals surface area (Å²) < 4.78 is 37.4. The van der Waals surface area contributed by atoms with Crippen LogP contribution in [0.25, 0.3) is 0 Å². The number of hydrogen-bond donors (Lipinski definition) is 0. The molecule has 1 aliphatic heterocycles. The van der Waals surface area contributed by atoms with E-state index in [0.29, 0.717) is 6.61 Å². The maximum absolute atomic E-state index is 13.5. The smallest absolute Gasteiger partial charge is 0.167 e. The molecule has 1 saturated heterocycles. The van der Waals surface area contributed by atoms with Crippen LogP contribution in [-0.4, -0.2) is 37.3 Å². The van der Waals surface area contributed by atoms with Gasteiger partial charge in [0.1, 0.15) is 18.5 Å². The van der Waals surface area contributed by atoms with E-state index >= 15 is 0 Å². The molecular weight excluding hydrogens is 308 g/mol. The van der Waals surface area contributed by atoms with Crippen molar-refractivity contribution in [2.24, 2.45) is 0 Å². The summed E-state index contributed by atoms with van der Waals surface area (Å²) in [5.74, 6) is -1.24. The topological polar surface area (TPSA) is 21.7 Å². The molecule has 0 saturated carbocycles. The SMILES string of the molecule is Fc1ccc(OCC2CN(Cc3cccs3)CCO2)c(F)c1. The van der Waals surface area contributed by atoms with Crippen LogP contribution in [0.15, 0.2) is 35.7 Å². The van der Waals surface area contributed by atoms with Gasteiger partial charge in [-0.05, 0) is 23.6 Å². The van der Waals surface area contributed by atoms with Crippen molar-refractivity contribution in [3.05, 3.63) is 52.2 Å². The Morgan fingerprint density at radius 1 is 1.32 bits per heavy atom. The molecule has 0 N–H and O–H groups in total. The van der Waals surface area contributed by atoms with Crippen LogP contribution in [0.1, 0.15) is 4.88 Å². The van der Waals surface area contributed by atoms with E-state index < -0.39 is 11.6 Å². The lowest BCUT2D eigenvalue weighted by molar-refractivity contribution is -0.0506. The molecule has 1 atom stereocenters. The van der Waals surface area contributed by atoms with Crippen LogP contribution in [0.2, 0.25) is 0 Å². The van der Waals surface area contributed by atoms with Gasteiger partial charge in [-0.25, -0.2) is 8.78 Å². The Labute approximate surface area is 132 Å². The fourth-order valence-electron chi connectivity index (χ4n) is 2.42. The summed E-state index contributed by atoms with van der Waals surface area (Å²) in [5, 5.41) is 2.06. The molecule has 22 heavy (non-hydrogen) atoms. The van der Waals surface area contributed by atoms with Gasteiger partial charge in [0.15, 0.2) is 11.6 Å². The predicted molar refractivity (Wildman–Crippen MR) is 81.2 cm³/mol. The van der Waals surface area contributed by atoms with Crippen molar-refractivity contribution in [3.63, 3.8) is 0 Å². The Bertz CT molecular complexity index is 606. The van der Waals surface area contributed by atoms with Crippen LogP contribution in [0, 0.1) is 11.6 Å². The van der Waals surface area contributed by atoms with Crippen LogP contribution in [-0.2, 0) is 11.3 Å². The number of morpholine rings is 1. The van der Waals surface area contributed by atoms with Crippen LogP contribution in [0.5, 0.6) is 5.75 Å². The zero-order chi connectivity index (χ0) is 15.4. The molecule has 0 aliphatic carbocycles. The third kappa shape index (κ3) is 4.03. The van der Waals surface area contributed by atoms with E-state index in [1.165, 1.54) is 17.0 Å². The third-order valence-electron chi connectivity index (χ3n) is 3.50. The summed E-state index contributed by atoms with van der Waals surface area (Å²) in [5.41, 5.74) is 0. The monoisotopic (exact) mass is 325 g/mol. The van der Waals surface area contributed by atoms with E-state index in [-0.39, 0.29) is 18.5 Å². The molecule has 118 valence electrons. The summed E-state index contributed by atoms with van der Waals surface area (Å²) in [7, 11) is 0. The van der Waals surface area contributed by atoms with Crippen molar-refractivity contribution in [2.75, 3.05) is 26.3 Å². The normalized spacial score (nSPS) is 19.3. The van der Waals surface area contributed by atoms with Crippen LogP contribution >= 0.6 is 11.3 Å². The maximum Gasteiger partial charge on any atom is 0.167 e. The summed E-state index contributed by atoms with van der Waals surface area (Å²) in [6, 6.07) is 7.46. The van der Waals surface area contributed by atoms with E-state index in [1.807, 2.05) is 6.07 Å². The molecule has 1 aromatic heterocycles. The standard InChI is InChI=1S/C16H17F2NO2S/c17-12-3-4-16(15(18)8-12)21-11-13-9-19(5-6-20-13)10-14-2-1-7-22-14/h1-4,7-8,13H,5-6,9-11H2. The second-order valence-corrected chi connectivity index (χ2v) is 6.23. The van der Waals surface area contributed by atoms with Gasteiger partial charge in [0.2, 0.25) is 0 Å². The lowest BCUT2D eigenvalue weighted by Crippen LogP contribution is -2.44. The first-order valence-electron chi connectivity index (χ1n) is 7.15. The zero-order valence-electron chi connectivity index (χ0n) is 12.0. The van der Waals surface area contributed by atoms with Crippen molar-refractivity contribution in [3.8, 4) is 5.75 Å². The van der Waals surface area contributed by atoms with E-state index in [2.05, 4.69) is 16.3 Å². The second kappa shape index (κ2) is 7.17. The van der Waals surface area contributed by atoms with Crippen molar-refractivity contribution in [1.29, 1.82) is 0 Å². The van der Waals surface area contributed by atoms with Crippen LogP contribution in [0.3, 0.4) is 0 Å². The van der Waals surface area contributed by atoms with E-state index in [0.717, 1.165) is 25.7 Å². The van der Waals surface area contributed by atoms with Gasteiger partial charge in [0.25, 0.3) is 0 Å². The number of rotatable bonds is 5. The molecular formula is C16H17F2NO2S. The average molecular weight is 325 g/mol. The molecule has 1 unspecified atom stereocenters. The van der Waals surface area contributed by atoms with Gasteiger partial charge in [-0.2, -0.15) is 0 Å². The molecule has 1 aromatic carbocycles. The maximum atomic E-state index is 13.5. The molecule has 6 heteroatoms. The third-order valence-corrected chi connectivity index (χ3v) is 4.36. The first-order chi connectivity index (χ1) is 10.7. The number of thiophene rings is 1. The molecule has 1 aliphatic rings. The van der Waals surface area contributed by atoms with Gasteiger partial charge >= 0.3 is 0 Å². The highest BCUT2D eigenvalue weighted by atomic mass is 32.1. The molecule has 1 fully saturated rings. The van der Waals surface area contributed by atoms with E-state index in [4.69, 9.17) is 9.47 Å². The number of ether oxygens (including phenoxy) is 2. The van der Waals surface area contributed by atoms with Gasteiger partial charge in [0, 0.05) is 30.6 Å². The van der Waals surface area contributed by atoms with Crippen LogP contribution < -0.4 is 4.74 Å².